The Balaban J connectivity index is 1.71. The Hall–Kier alpha value is -3.85. The van der Waals surface area contributed by atoms with E-state index in [9.17, 15) is 14.4 Å². The number of carbonyl (C=O) groups is 1. The van der Waals surface area contributed by atoms with Crippen LogP contribution in [0.4, 0.5) is 17.2 Å². The van der Waals surface area contributed by atoms with Gasteiger partial charge < -0.3 is 20.3 Å². The molecule has 1 amide bonds. The quantitative estimate of drug-likeness (QED) is 0.513. The fourth-order valence-corrected chi connectivity index (χ4v) is 4.54. The first kappa shape index (κ1) is 24.3. The minimum absolute atomic E-state index is 0.0412. The van der Waals surface area contributed by atoms with Crippen LogP contribution in [0.5, 0.6) is 0 Å². The average molecular weight is 478 g/mol. The van der Waals surface area contributed by atoms with Gasteiger partial charge in [-0.2, -0.15) is 0 Å². The highest BCUT2D eigenvalue weighted by Crippen LogP contribution is 2.30. The number of methoxy groups -OCH3 is 1. The number of benzene rings is 2. The molecule has 3 N–H and O–H groups in total. The van der Waals surface area contributed by atoms with Crippen molar-refractivity contribution in [1.29, 1.82) is 0 Å². The lowest BCUT2D eigenvalue weighted by Crippen LogP contribution is -2.49. The Bertz CT molecular complexity index is 1300. The van der Waals surface area contributed by atoms with Crippen LogP contribution in [0.1, 0.15) is 24.5 Å². The summed E-state index contributed by atoms with van der Waals surface area (Å²) >= 11 is 0. The Labute approximate surface area is 203 Å². The molecule has 9 nitrogen and oxygen atoms in total. The molecule has 0 saturated carbocycles. The van der Waals surface area contributed by atoms with Crippen LogP contribution in [-0.4, -0.2) is 48.3 Å². The molecule has 35 heavy (non-hydrogen) atoms. The number of anilines is 3. The van der Waals surface area contributed by atoms with Gasteiger partial charge in [0.2, 0.25) is 5.91 Å². The molecule has 1 aromatic heterocycles. The Kier molecular flexibility index (Phi) is 7.36. The van der Waals surface area contributed by atoms with Crippen molar-refractivity contribution in [3.05, 3.63) is 86.6 Å². The van der Waals surface area contributed by atoms with E-state index >= 15 is 0 Å². The number of nitrogens with zero attached hydrogens (tertiary/aromatic N) is 3. The third-order valence-electron chi connectivity index (χ3n) is 6.46. The average Bonchev–Trinajstić information content (AvgIpc) is 2.86. The Morgan fingerprint density at radius 3 is 2.60 bits per heavy atom. The number of ether oxygens (including phenoxy) is 1. The molecule has 3 aromatic rings. The lowest BCUT2D eigenvalue weighted by atomic mass is 9.96. The summed E-state index contributed by atoms with van der Waals surface area (Å²) in [5.74, 6) is -0.355. The van der Waals surface area contributed by atoms with Gasteiger partial charge in [-0.1, -0.05) is 48.5 Å². The summed E-state index contributed by atoms with van der Waals surface area (Å²) in [5.41, 5.74) is 8.05. The number of rotatable bonds is 8. The molecule has 0 aliphatic carbocycles. The van der Waals surface area contributed by atoms with E-state index in [0.717, 1.165) is 24.1 Å². The Morgan fingerprint density at radius 1 is 1.14 bits per heavy atom. The molecule has 0 bridgehead atoms. The predicted octanol–water partition coefficient (Wildman–Crippen LogP) is 1.99. The number of para-hydroxylation sites is 1. The Morgan fingerprint density at radius 2 is 1.86 bits per heavy atom. The standard InChI is InChI=1S/C26H31N5O4/c1-18-12-13-20-10-6-7-11-21(20)30(18)17-22(32)29(14-15-35-2)23-24(27)31(26(34)28-25(23)33)16-19-8-4-3-5-9-19/h3-11,18H,12-17,27H2,1-2H3,(H,28,33,34). The smallest absolute Gasteiger partial charge is 0.330 e. The minimum Gasteiger partial charge on any atom is -0.383 e. The van der Waals surface area contributed by atoms with Gasteiger partial charge in [-0.3, -0.25) is 19.1 Å². The highest BCUT2D eigenvalue weighted by atomic mass is 16.5. The van der Waals surface area contributed by atoms with Crippen molar-refractivity contribution in [3.8, 4) is 0 Å². The summed E-state index contributed by atoms with van der Waals surface area (Å²) in [4.78, 5) is 44.9. The van der Waals surface area contributed by atoms with Crippen molar-refractivity contribution in [1.82, 2.24) is 9.55 Å². The molecular weight excluding hydrogens is 446 g/mol. The number of H-pyrrole nitrogens is 1. The zero-order valence-electron chi connectivity index (χ0n) is 20.1. The fraction of sp³-hybridized carbons (Fsp3) is 0.346. The van der Waals surface area contributed by atoms with Crippen LogP contribution in [-0.2, 0) is 22.5 Å². The summed E-state index contributed by atoms with van der Waals surface area (Å²) in [5, 5.41) is 0. The van der Waals surface area contributed by atoms with E-state index in [4.69, 9.17) is 10.5 Å². The summed E-state index contributed by atoms with van der Waals surface area (Å²) in [6.07, 6.45) is 1.87. The van der Waals surface area contributed by atoms with Crippen molar-refractivity contribution < 1.29 is 9.53 Å². The molecule has 4 rings (SSSR count). The van der Waals surface area contributed by atoms with Crippen LogP contribution in [0, 0.1) is 0 Å². The van der Waals surface area contributed by atoms with E-state index in [1.807, 2.05) is 48.5 Å². The van der Waals surface area contributed by atoms with Gasteiger partial charge in [0, 0.05) is 25.4 Å². The maximum absolute atomic E-state index is 13.7. The molecule has 1 atom stereocenters. The van der Waals surface area contributed by atoms with E-state index in [-0.39, 0.29) is 49.7 Å². The zero-order chi connectivity index (χ0) is 24.9. The van der Waals surface area contributed by atoms with Crippen molar-refractivity contribution in [2.24, 2.45) is 0 Å². The van der Waals surface area contributed by atoms with Gasteiger partial charge in [-0.05, 0) is 37.0 Å². The van der Waals surface area contributed by atoms with Crippen LogP contribution < -0.4 is 26.8 Å². The summed E-state index contributed by atoms with van der Waals surface area (Å²) in [7, 11) is 1.52. The van der Waals surface area contributed by atoms with E-state index in [1.54, 1.807) is 0 Å². The monoisotopic (exact) mass is 477 g/mol. The van der Waals surface area contributed by atoms with Crippen LogP contribution >= 0.6 is 0 Å². The number of hydrogen-bond acceptors (Lipinski definition) is 6. The summed E-state index contributed by atoms with van der Waals surface area (Å²) in [6.45, 7) is 2.64. The van der Waals surface area contributed by atoms with Gasteiger partial charge in [-0.15, -0.1) is 0 Å². The first-order valence-corrected chi connectivity index (χ1v) is 11.7. The molecule has 0 fully saturated rings. The van der Waals surface area contributed by atoms with Crippen molar-refractivity contribution in [2.45, 2.75) is 32.4 Å². The van der Waals surface area contributed by atoms with E-state index < -0.39 is 11.2 Å². The number of nitrogens with one attached hydrogen (secondary N) is 1. The van der Waals surface area contributed by atoms with Crippen LogP contribution in [0.3, 0.4) is 0 Å². The number of hydrogen-bond donors (Lipinski definition) is 2. The second-order valence-corrected chi connectivity index (χ2v) is 8.75. The number of nitrogen functional groups attached to an aromatic ring is 1. The van der Waals surface area contributed by atoms with E-state index in [1.165, 1.54) is 22.1 Å². The molecule has 184 valence electrons. The van der Waals surface area contributed by atoms with Gasteiger partial charge in [-0.25, -0.2) is 4.79 Å². The van der Waals surface area contributed by atoms with Crippen molar-refractivity contribution in [2.75, 3.05) is 42.3 Å². The number of carbonyl (C=O) groups excluding carboxylic acids is 1. The van der Waals surface area contributed by atoms with E-state index in [2.05, 4.69) is 22.9 Å². The first-order valence-electron chi connectivity index (χ1n) is 11.7. The molecule has 2 aromatic carbocycles. The second-order valence-electron chi connectivity index (χ2n) is 8.75. The molecule has 0 radical (unpaired) electrons. The summed E-state index contributed by atoms with van der Waals surface area (Å²) < 4.78 is 6.49. The maximum Gasteiger partial charge on any atom is 0.330 e. The van der Waals surface area contributed by atoms with Gasteiger partial charge in [0.25, 0.3) is 5.56 Å². The summed E-state index contributed by atoms with van der Waals surface area (Å²) in [6, 6.07) is 17.5. The number of aromatic amines is 1. The molecule has 2 heterocycles. The fourth-order valence-electron chi connectivity index (χ4n) is 4.54. The zero-order valence-corrected chi connectivity index (χ0v) is 20.1. The van der Waals surface area contributed by atoms with Gasteiger partial charge in [0.05, 0.1) is 19.7 Å². The first-order chi connectivity index (χ1) is 16.9. The molecule has 0 saturated heterocycles. The molecule has 1 unspecified atom stereocenters. The number of aryl methyl sites for hydroxylation is 1. The molecule has 1 aliphatic rings. The normalized spacial score (nSPS) is 15.0. The van der Waals surface area contributed by atoms with Crippen molar-refractivity contribution >= 4 is 23.1 Å². The highest BCUT2D eigenvalue weighted by Gasteiger charge is 2.29. The number of nitrogens with two attached hydrogens (primary N) is 1. The second kappa shape index (κ2) is 10.6. The topological polar surface area (TPSA) is 114 Å². The highest BCUT2D eigenvalue weighted by molar-refractivity contribution is 5.98. The van der Waals surface area contributed by atoms with Crippen LogP contribution in [0.15, 0.2) is 64.2 Å². The van der Waals surface area contributed by atoms with Gasteiger partial charge >= 0.3 is 5.69 Å². The van der Waals surface area contributed by atoms with Gasteiger partial charge in [0.1, 0.15) is 5.82 Å². The molecular formula is C26H31N5O4. The third-order valence-corrected chi connectivity index (χ3v) is 6.46. The SMILES string of the molecule is COCCN(C(=O)CN1c2ccccc2CCC1C)c1c(N)n(Cc2ccccc2)c(=O)[nH]c1=O. The van der Waals surface area contributed by atoms with Gasteiger partial charge in [0.15, 0.2) is 5.69 Å². The lowest BCUT2D eigenvalue weighted by Gasteiger charge is -2.38. The van der Waals surface area contributed by atoms with Crippen molar-refractivity contribution in [3.63, 3.8) is 0 Å². The maximum atomic E-state index is 13.7. The largest absolute Gasteiger partial charge is 0.383 e. The lowest BCUT2D eigenvalue weighted by molar-refractivity contribution is -0.117. The number of aromatic nitrogens is 2. The molecule has 9 heteroatoms. The van der Waals surface area contributed by atoms with Crippen LogP contribution in [0.25, 0.3) is 0 Å². The molecule has 1 aliphatic heterocycles. The minimum atomic E-state index is -0.701. The van der Waals surface area contributed by atoms with Crippen LogP contribution in [0.2, 0.25) is 0 Å². The molecule has 0 spiro atoms. The third kappa shape index (κ3) is 5.14. The number of fused-ring (bicyclic) bond motifs is 1. The predicted molar refractivity (Wildman–Crippen MR) is 137 cm³/mol. The number of amides is 1. The van der Waals surface area contributed by atoms with E-state index in [0.29, 0.717) is 0 Å².